The molecule has 90 valence electrons. The van der Waals surface area contributed by atoms with Gasteiger partial charge in [-0.3, -0.25) is 4.68 Å². The lowest BCUT2D eigenvalue weighted by Gasteiger charge is -2.21. The van der Waals surface area contributed by atoms with E-state index in [0.717, 1.165) is 17.8 Å². The van der Waals surface area contributed by atoms with Crippen molar-refractivity contribution in [1.29, 1.82) is 0 Å². The van der Waals surface area contributed by atoms with Gasteiger partial charge < -0.3 is 5.32 Å². The summed E-state index contributed by atoms with van der Waals surface area (Å²) in [4.78, 5) is 0. The van der Waals surface area contributed by atoms with Crippen LogP contribution >= 0.6 is 11.6 Å². The number of hydrogen-bond donors (Lipinski definition) is 1. The Hall–Kier alpha value is -0.800. The SMILES string of the molecule is C=C(CNC(C)(C)C)Cn1ncc(Cl)c1C. The van der Waals surface area contributed by atoms with Gasteiger partial charge in [0.25, 0.3) is 0 Å². The first kappa shape index (κ1) is 13.3. The molecule has 0 aliphatic carbocycles. The van der Waals surface area contributed by atoms with E-state index in [0.29, 0.717) is 11.6 Å². The van der Waals surface area contributed by atoms with E-state index in [-0.39, 0.29) is 5.54 Å². The molecular weight excluding hydrogens is 222 g/mol. The number of nitrogens with one attached hydrogen (secondary N) is 1. The first-order valence-corrected chi connectivity index (χ1v) is 5.77. The average molecular weight is 242 g/mol. The second kappa shape index (κ2) is 5.02. The summed E-state index contributed by atoms with van der Waals surface area (Å²) in [6.07, 6.45) is 1.67. The van der Waals surface area contributed by atoms with Crippen molar-refractivity contribution in [2.75, 3.05) is 6.54 Å². The fourth-order valence-corrected chi connectivity index (χ4v) is 1.38. The monoisotopic (exact) mass is 241 g/mol. The average Bonchev–Trinajstić information content (AvgIpc) is 2.46. The first-order valence-electron chi connectivity index (χ1n) is 5.39. The van der Waals surface area contributed by atoms with Crippen LogP contribution in [0, 0.1) is 6.92 Å². The molecule has 1 rings (SSSR count). The van der Waals surface area contributed by atoms with E-state index in [1.54, 1.807) is 6.20 Å². The van der Waals surface area contributed by atoms with Crippen LogP contribution in [-0.4, -0.2) is 21.9 Å². The van der Waals surface area contributed by atoms with Crippen LogP contribution in [0.1, 0.15) is 26.5 Å². The van der Waals surface area contributed by atoms with Crippen LogP contribution in [0.15, 0.2) is 18.3 Å². The minimum Gasteiger partial charge on any atom is -0.308 e. The maximum atomic E-state index is 5.93. The van der Waals surface area contributed by atoms with Crippen LogP contribution in [0.25, 0.3) is 0 Å². The fourth-order valence-electron chi connectivity index (χ4n) is 1.24. The third-order valence-electron chi connectivity index (χ3n) is 2.29. The van der Waals surface area contributed by atoms with Crippen LogP contribution in [-0.2, 0) is 6.54 Å². The van der Waals surface area contributed by atoms with Crippen molar-refractivity contribution in [3.05, 3.63) is 29.1 Å². The highest BCUT2D eigenvalue weighted by atomic mass is 35.5. The third kappa shape index (κ3) is 3.99. The minimum absolute atomic E-state index is 0.111. The molecule has 0 saturated carbocycles. The molecule has 1 heterocycles. The summed E-state index contributed by atoms with van der Waals surface area (Å²) in [5, 5.41) is 8.30. The standard InChI is InChI=1S/C12H20ClN3/c1-9(6-14-12(3,4)5)8-16-10(2)11(13)7-15-16/h7,14H,1,6,8H2,2-5H3. The van der Waals surface area contributed by atoms with E-state index >= 15 is 0 Å². The predicted molar refractivity (Wildman–Crippen MR) is 68.9 cm³/mol. The van der Waals surface area contributed by atoms with Gasteiger partial charge in [-0.25, -0.2) is 0 Å². The molecule has 1 aromatic heterocycles. The van der Waals surface area contributed by atoms with Gasteiger partial charge in [0.05, 0.1) is 23.5 Å². The summed E-state index contributed by atoms with van der Waals surface area (Å²) in [5.41, 5.74) is 2.19. The summed E-state index contributed by atoms with van der Waals surface area (Å²) < 4.78 is 1.87. The van der Waals surface area contributed by atoms with E-state index < -0.39 is 0 Å². The zero-order valence-corrected chi connectivity index (χ0v) is 11.2. The fraction of sp³-hybridized carbons (Fsp3) is 0.583. The van der Waals surface area contributed by atoms with E-state index in [4.69, 9.17) is 11.6 Å². The molecule has 0 aromatic carbocycles. The zero-order chi connectivity index (χ0) is 12.3. The molecule has 4 heteroatoms. The van der Waals surface area contributed by atoms with Crippen LogP contribution in [0.4, 0.5) is 0 Å². The molecule has 0 aliphatic heterocycles. The highest BCUT2D eigenvalue weighted by Gasteiger charge is 2.10. The zero-order valence-electron chi connectivity index (χ0n) is 10.5. The molecule has 0 radical (unpaired) electrons. The minimum atomic E-state index is 0.111. The van der Waals surface area contributed by atoms with Crippen LogP contribution in [0.5, 0.6) is 0 Å². The summed E-state index contributed by atoms with van der Waals surface area (Å²) in [6, 6.07) is 0. The Kier molecular flexibility index (Phi) is 4.16. The van der Waals surface area contributed by atoms with Gasteiger partial charge in [-0.05, 0) is 33.3 Å². The van der Waals surface area contributed by atoms with Crippen LogP contribution < -0.4 is 5.32 Å². The Balaban J connectivity index is 2.49. The Morgan fingerprint density at radius 2 is 2.19 bits per heavy atom. The van der Waals surface area contributed by atoms with Gasteiger partial charge in [-0.2, -0.15) is 5.10 Å². The molecule has 0 spiro atoms. The molecule has 1 N–H and O–H groups in total. The summed E-state index contributed by atoms with van der Waals surface area (Å²) in [5.74, 6) is 0. The van der Waals surface area contributed by atoms with Gasteiger partial charge >= 0.3 is 0 Å². The Bertz CT molecular complexity index is 374. The van der Waals surface area contributed by atoms with Crippen molar-refractivity contribution in [3.8, 4) is 0 Å². The summed E-state index contributed by atoms with van der Waals surface area (Å²) >= 11 is 5.93. The van der Waals surface area contributed by atoms with E-state index in [1.807, 2.05) is 11.6 Å². The molecule has 3 nitrogen and oxygen atoms in total. The van der Waals surface area contributed by atoms with E-state index in [2.05, 4.69) is 37.8 Å². The molecule has 0 bridgehead atoms. The highest BCUT2D eigenvalue weighted by Crippen LogP contribution is 2.14. The molecular formula is C12H20ClN3. The maximum Gasteiger partial charge on any atom is 0.0815 e. The Morgan fingerprint density at radius 1 is 1.56 bits per heavy atom. The van der Waals surface area contributed by atoms with E-state index in [9.17, 15) is 0 Å². The second-order valence-electron chi connectivity index (χ2n) is 5.09. The van der Waals surface area contributed by atoms with Crippen molar-refractivity contribution in [1.82, 2.24) is 15.1 Å². The second-order valence-corrected chi connectivity index (χ2v) is 5.50. The highest BCUT2D eigenvalue weighted by molar-refractivity contribution is 6.31. The molecule has 1 aromatic rings. The molecule has 0 aliphatic rings. The Labute approximate surface area is 102 Å². The molecule has 0 fully saturated rings. The van der Waals surface area contributed by atoms with Gasteiger partial charge in [0.2, 0.25) is 0 Å². The first-order chi connectivity index (χ1) is 7.29. The van der Waals surface area contributed by atoms with Gasteiger partial charge in [-0.1, -0.05) is 18.2 Å². The predicted octanol–water partition coefficient (Wildman–Crippen LogP) is 2.79. The summed E-state index contributed by atoms with van der Waals surface area (Å²) in [7, 11) is 0. The van der Waals surface area contributed by atoms with Gasteiger partial charge in [0.1, 0.15) is 0 Å². The number of hydrogen-bond acceptors (Lipinski definition) is 2. The lowest BCUT2D eigenvalue weighted by molar-refractivity contribution is 0.438. The molecule has 0 saturated heterocycles. The number of nitrogens with zero attached hydrogens (tertiary/aromatic N) is 2. The third-order valence-corrected chi connectivity index (χ3v) is 2.66. The van der Waals surface area contributed by atoms with Gasteiger partial charge in [0, 0.05) is 12.1 Å². The van der Waals surface area contributed by atoms with Gasteiger partial charge in [0.15, 0.2) is 0 Å². The molecule has 0 amide bonds. The largest absolute Gasteiger partial charge is 0.308 e. The van der Waals surface area contributed by atoms with Crippen molar-refractivity contribution >= 4 is 11.6 Å². The van der Waals surface area contributed by atoms with Crippen molar-refractivity contribution in [2.24, 2.45) is 0 Å². The van der Waals surface area contributed by atoms with Gasteiger partial charge in [-0.15, -0.1) is 0 Å². The number of aromatic nitrogens is 2. The number of halogens is 1. The number of rotatable bonds is 4. The smallest absolute Gasteiger partial charge is 0.0815 e. The summed E-state index contributed by atoms with van der Waals surface area (Å²) in [6.45, 7) is 13.9. The normalized spacial score (nSPS) is 11.8. The van der Waals surface area contributed by atoms with Crippen molar-refractivity contribution in [3.63, 3.8) is 0 Å². The quantitative estimate of drug-likeness (QED) is 0.822. The molecule has 0 atom stereocenters. The van der Waals surface area contributed by atoms with Crippen LogP contribution in [0.3, 0.4) is 0 Å². The lowest BCUT2D eigenvalue weighted by Crippen LogP contribution is -2.37. The Morgan fingerprint density at radius 3 is 2.62 bits per heavy atom. The molecule has 0 unspecified atom stereocenters. The van der Waals surface area contributed by atoms with Crippen molar-refractivity contribution < 1.29 is 0 Å². The van der Waals surface area contributed by atoms with E-state index in [1.165, 1.54) is 0 Å². The molecule has 16 heavy (non-hydrogen) atoms. The van der Waals surface area contributed by atoms with Crippen LogP contribution in [0.2, 0.25) is 5.02 Å². The maximum absolute atomic E-state index is 5.93. The lowest BCUT2D eigenvalue weighted by atomic mass is 10.1. The topological polar surface area (TPSA) is 29.9 Å². The van der Waals surface area contributed by atoms with Crippen molar-refractivity contribution in [2.45, 2.75) is 39.8 Å².